The second kappa shape index (κ2) is 6.50. The molecule has 0 aliphatic rings. The molecule has 3 N–H and O–H groups in total. The van der Waals surface area contributed by atoms with E-state index in [1.54, 1.807) is 18.2 Å². The summed E-state index contributed by atoms with van der Waals surface area (Å²) in [6, 6.07) is 14.8. The molecule has 0 aromatic heterocycles. The van der Waals surface area contributed by atoms with E-state index in [1.165, 1.54) is 11.8 Å². The van der Waals surface area contributed by atoms with Gasteiger partial charge in [0.15, 0.2) is 0 Å². The third-order valence-corrected chi connectivity index (χ3v) is 3.65. The van der Waals surface area contributed by atoms with Gasteiger partial charge in [0.25, 0.3) is 0 Å². The largest absolute Gasteiger partial charge is 0.397 e. The highest BCUT2D eigenvalue weighted by Gasteiger charge is 2.06. The van der Waals surface area contributed by atoms with Crippen LogP contribution in [0.25, 0.3) is 0 Å². The number of anilines is 2. The van der Waals surface area contributed by atoms with E-state index in [0.717, 1.165) is 4.90 Å². The zero-order valence-electron chi connectivity index (χ0n) is 10.1. The van der Waals surface area contributed by atoms with E-state index in [2.05, 4.69) is 5.32 Å². The molecule has 0 aliphatic heterocycles. The smallest absolute Gasteiger partial charge is 0.234 e. The molecule has 98 valence electrons. The number of amides is 1. The van der Waals surface area contributed by atoms with Crippen molar-refractivity contribution in [2.45, 2.75) is 4.90 Å². The number of thioether (sulfide) groups is 1. The molecule has 1 amide bonds. The van der Waals surface area contributed by atoms with Gasteiger partial charge in [-0.15, -0.1) is 11.8 Å². The SMILES string of the molecule is Nc1cc(Cl)ccc1NC(=O)CSc1ccccc1. The molecule has 0 bridgehead atoms. The van der Waals surface area contributed by atoms with Crippen molar-refractivity contribution in [2.75, 3.05) is 16.8 Å². The normalized spacial score (nSPS) is 10.2. The van der Waals surface area contributed by atoms with Gasteiger partial charge in [-0.3, -0.25) is 4.79 Å². The van der Waals surface area contributed by atoms with Gasteiger partial charge in [-0.05, 0) is 30.3 Å². The van der Waals surface area contributed by atoms with E-state index in [4.69, 9.17) is 17.3 Å². The topological polar surface area (TPSA) is 55.1 Å². The van der Waals surface area contributed by atoms with Gasteiger partial charge in [-0.1, -0.05) is 29.8 Å². The number of hydrogen-bond donors (Lipinski definition) is 2. The van der Waals surface area contributed by atoms with E-state index in [0.29, 0.717) is 22.2 Å². The highest BCUT2D eigenvalue weighted by Crippen LogP contribution is 2.23. The van der Waals surface area contributed by atoms with Gasteiger partial charge in [-0.2, -0.15) is 0 Å². The van der Waals surface area contributed by atoms with Crippen LogP contribution in [0.2, 0.25) is 5.02 Å². The van der Waals surface area contributed by atoms with Crippen LogP contribution in [-0.2, 0) is 4.79 Å². The quantitative estimate of drug-likeness (QED) is 0.668. The van der Waals surface area contributed by atoms with E-state index >= 15 is 0 Å². The summed E-state index contributed by atoms with van der Waals surface area (Å²) >= 11 is 7.28. The van der Waals surface area contributed by atoms with E-state index < -0.39 is 0 Å². The average molecular weight is 293 g/mol. The van der Waals surface area contributed by atoms with Crippen LogP contribution >= 0.6 is 23.4 Å². The fourth-order valence-electron chi connectivity index (χ4n) is 1.50. The minimum absolute atomic E-state index is 0.0946. The van der Waals surface area contributed by atoms with Crippen LogP contribution in [0, 0.1) is 0 Å². The lowest BCUT2D eigenvalue weighted by atomic mass is 10.2. The highest BCUT2D eigenvalue weighted by molar-refractivity contribution is 8.00. The maximum Gasteiger partial charge on any atom is 0.234 e. The number of nitrogens with one attached hydrogen (secondary N) is 1. The van der Waals surface area contributed by atoms with Crippen LogP contribution < -0.4 is 11.1 Å². The second-order valence-corrected chi connectivity index (χ2v) is 5.37. The number of carbonyl (C=O) groups is 1. The Labute approximate surface area is 121 Å². The maximum atomic E-state index is 11.8. The van der Waals surface area contributed by atoms with Crippen LogP contribution in [0.3, 0.4) is 0 Å². The molecular formula is C14H13ClN2OS. The first-order valence-electron chi connectivity index (χ1n) is 5.68. The van der Waals surface area contributed by atoms with Crippen molar-refractivity contribution >= 4 is 40.6 Å². The van der Waals surface area contributed by atoms with E-state index in [9.17, 15) is 4.79 Å². The molecule has 0 unspecified atom stereocenters. The third-order valence-electron chi connectivity index (χ3n) is 2.40. The van der Waals surface area contributed by atoms with Crippen molar-refractivity contribution < 1.29 is 4.79 Å². The molecule has 3 nitrogen and oxygen atoms in total. The van der Waals surface area contributed by atoms with Gasteiger partial charge in [0, 0.05) is 9.92 Å². The number of halogens is 1. The summed E-state index contributed by atoms with van der Waals surface area (Å²) in [6.07, 6.45) is 0. The van der Waals surface area contributed by atoms with Gasteiger partial charge >= 0.3 is 0 Å². The van der Waals surface area contributed by atoms with Crippen molar-refractivity contribution in [1.29, 1.82) is 0 Å². The predicted molar refractivity (Wildman–Crippen MR) is 81.7 cm³/mol. The molecule has 0 saturated carbocycles. The monoisotopic (exact) mass is 292 g/mol. The molecule has 0 fully saturated rings. The van der Waals surface area contributed by atoms with Crippen molar-refractivity contribution in [1.82, 2.24) is 0 Å². The minimum atomic E-state index is -0.0946. The van der Waals surface area contributed by atoms with Crippen molar-refractivity contribution in [3.8, 4) is 0 Å². The van der Waals surface area contributed by atoms with Gasteiger partial charge < -0.3 is 11.1 Å². The van der Waals surface area contributed by atoms with Gasteiger partial charge in [0.2, 0.25) is 5.91 Å². The molecular weight excluding hydrogens is 280 g/mol. The summed E-state index contributed by atoms with van der Waals surface area (Å²) in [5, 5.41) is 3.31. The van der Waals surface area contributed by atoms with Gasteiger partial charge in [-0.25, -0.2) is 0 Å². The van der Waals surface area contributed by atoms with Crippen LogP contribution in [0.1, 0.15) is 0 Å². The number of nitrogen functional groups attached to an aromatic ring is 1. The Morgan fingerprint density at radius 3 is 2.63 bits per heavy atom. The lowest BCUT2D eigenvalue weighted by Crippen LogP contribution is -2.15. The average Bonchev–Trinajstić information content (AvgIpc) is 2.41. The molecule has 0 aliphatic carbocycles. The summed E-state index contributed by atoms with van der Waals surface area (Å²) in [7, 11) is 0. The molecule has 0 spiro atoms. The van der Waals surface area contributed by atoms with Crippen LogP contribution in [0.4, 0.5) is 11.4 Å². The summed E-state index contributed by atoms with van der Waals surface area (Å²) in [4.78, 5) is 12.9. The van der Waals surface area contributed by atoms with Crippen molar-refractivity contribution in [3.63, 3.8) is 0 Å². The molecule has 2 rings (SSSR count). The van der Waals surface area contributed by atoms with Crippen LogP contribution in [0.5, 0.6) is 0 Å². The molecule has 0 radical (unpaired) electrons. The summed E-state index contributed by atoms with van der Waals surface area (Å²) < 4.78 is 0. The Bertz CT molecular complexity index is 575. The van der Waals surface area contributed by atoms with E-state index in [-0.39, 0.29) is 5.91 Å². The Morgan fingerprint density at radius 1 is 1.21 bits per heavy atom. The fraction of sp³-hybridized carbons (Fsp3) is 0.0714. The van der Waals surface area contributed by atoms with E-state index in [1.807, 2.05) is 30.3 Å². The van der Waals surface area contributed by atoms with Gasteiger partial charge in [0.05, 0.1) is 17.1 Å². The van der Waals surface area contributed by atoms with Crippen molar-refractivity contribution in [3.05, 3.63) is 53.6 Å². The molecule has 0 saturated heterocycles. The standard InChI is InChI=1S/C14H13ClN2OS/c15-10-6-7-13(12(16)8-10)17-14(18)9-19-11-4-2-1-3-5-11/h1-8H,9,16H2,(H,17,18). The first-order valence-corrected chi connectivity index (χ1v) is 7.04. The number of benzene rings is 2. The Hall–Kier alpha value is -1.65. The van der Waals surface area contributed by atoms with Crippen molar-refractivity contribution in [2.24, 2.45) is 0 Å². The molecule has 19 heavy (non-hydrogen) atoms. The minimum Gasteiger partial charge on any atom is -0.397 e. The number of rotatable bonds is 4. The van der Waals surface area contributed by atoms with Crippen LogP contribution in [0.15, 0.2) is 53.4 Å². The molecule has 0 heterocycles. The first kappa shape index (κ1) is 13.8. The Kier molecular flexibility index (Phi) is 4.71. The Balaban J connectivity index is 1.91. The number of carbonyl (C=O) groups excluding carboxylic acids is 1. The molecule has 0 atom stereocenters. The predicted octanol–water partition coefficient (Wildman–Crippen LogP) is 3.65. The summed E-state index contributed by atoms with van der Waals surface area (Å²) in [5.74, 6) is 0.245. The third kappa shape index (κ3) is 4.19. The fourth-order valence-corrected chi connectivity index (χ4v) is 2.40. The Morgan fingerprint density at radius 2 is 1.95 bits per heavy atom. The highest BCUT2D eigenvalue weighted by atomic mass is 35.5. The maximum absolute atomic E-state index is 11.8. The molecule has 2 aromatic rings. The second-order valence-electron chi connectivity index (χ2n) is 3.88. The zero-order valence-corrected chi connectivity index (χ0v) is 11.7. The zero-order chi connectivity index (χ0) is 13.7. The summed E-state index contributed by atoms with van der Waals surface area (Å²) in [6.45, 7) is 0. The lowest BCUT2D eigenvalue weighted by Gasteiger charge is -2.08. The summed E-state index contributed by atoms with van der Waals surface area (Å²) in [5.41, 5.74) is 6.82. The van der Waals surface area contributed by atoms with Gasteiger partial charge in [0.1, 0.15) is 0 Å². The van der Waals surface area contributed by atoms with Crippen LogP contribution in [-0.4, -0.2) is 11.7 Å². The number of nitrogens with two attached hydrogens (primary N) is 1. The lowest BCUT2D eigenvalue weighted by molar-refractivity contribution is -0.113. The first-order chi connectivity index (χ1) is 9.15. The molecule has 5 heteroatoms. The number of hydrogen-bond acceptors (Lipinski definition) is 3. The molecule has 2 aromatic carbocycles.